The summed E-state index contributed by atoms with van der Waals surface area (Å²) in [6.45, 7) is 6.42. The number of likely N-dealkylation sites (tertiary alicyclic amines) is 1. The molecule has 1 saturated heterocycles. The number of anilines is 1. The predicted octanol–water partition coefficient (Wildman–Crippen LogP) is 2.49. The first-order valence-corrected chi connectivity index (χ1v) is 14.9. The van der Waals surface area contributed by atoms with Crippen LogP contribution >= 0.6 is 0 Å². The lowest BCUT2D eigenvalue weighted by Crippen LogP contribution is -2.38. The van der Waals surface area contributed by atoms with Gasteiger partial charge in [0.05, 0.1) is 17.8 Å². The van der Waals surface area contributed by atoms with Crippen molar-refractivity contribution >= 4 is 11.9 Å². The SMILES string of the molecule is CCN1CCC(Oc2nn(CC(=O)N3CCc4n[nH]nc4C3)cc2-c2cnc(NC3Cc4ccccc4C3)nc2)CC1. The van der Waals surface area contributed by atoms with Gasteiger partial charge in [0.1, 0.15) is 18.3 Å². The van der Waals surface area contributed by atoms with Gasteiger partial charge in [-0.1, -0.05) is 31.2 Å². The number of ether oxygens (including phenoxy) is 1. The van der Waals surface area contributed by atoms with Crippen molar-refractivity contribution < 1.29 is 9.53 Å². The fourth-order valence-electron chi connectivity index (χ4n) is 6.21. The molecule has 0 unspecified atom stereocenters. The van der Waals surface area contributed by atoms with E-state index in [4.69, 9.17) is 9.84 Å². The quantitative estimate of drug-likeness (QED) is 0.329. The minimum absolute atomic E-state index is 0.0196. The third-order valence-corrected chi connectivity index (χ3v) is 8.65. The Labute approximate surface area is 244 Å². The second-order valence-electron chi connectivity index (χ2n) is 11.4. The van der Waals surface area contributed by atoms with Crippen molar-refractivity contribution in [3.05, 3.63) is 65.4 Å². The molecule has 218 valence electrons. The Bertz CT molecular complexity index is 1510. The van der Waals surface area contributed by atoms with Crippen molar-refractivity contribution in [2.75, 3.05) is 31.5 Å². The van der Waals surface area contributed by atoms with Crippen LogP contribution in [0, 0.1) is 0 Å². The monoisotopic (exact) mass is 568 g/mol. The molecule has 3 aliphatic rings. The van der Waals surface area contributed by atoms with Gasteiger partial charge in [-0.2, -0.15) is 15.4 Å². The summed E-state index contributed by atoms with van der Waals surface area (Å²) in [5, 5.41) is 19.2. The Morgan fingerprint density at radius 2 is 1.79 bits per heavy atom. The van der Waals surface area contributed by atoms with Gasteiger partial charge in [-0.25, -0.2) is 9.97 Å². The fourth-order valence-corrected chi connectivity index (χ4v) is 6.21. The fraction of sp³-hybridized carbons (Fsp3) is 0.467. The highest BCUT2D eigenvalue weighted by Gasteiger charge is 2.27. The van der Waals surface area contributed by atoms with Gasteiger partial charge < -0.3 is 19.9 Å². The second kappa shape index (κ2) is 11.5. The molecule has 0 bridgehead atoms. The Morgan fingerprint density at radius 1 is 1.05 bits per heavy atom. The standard InChI is InChI=1S/C30H36N10O2/c1-2-38-10-7-24(8-11-38)42-29-25(17-40(36-29)19-28(41)39-12-9-26-27(18-39)35-37-34-26)22-15-31-30(32-16-22)33-23-13-20-5-3-4-6-21(20)14-23/h3-6,15-17,23-24H,2,7-14,18-19H2,1H3,(H,31,32,33)(H,34,35,37). The van der Waals surface area contributed by atoms with E-state index in [9.17, 15) is 4.79 Å². The first-order chi connectivity index (χ1) is 20.6. The normalized spacial score (nSPS) is 17.7. The molecule has 12 heteroatoms. The molecular formula is C30H36N10O2. The molecule has 1 amide bonds. The van der Waals surface area contributed by atoms with Crippen LogP contribution in [-0.4, -0.2) is 89.2 Å². The van der Waals surface area contributed by atoms with E-state index < -0.39 is 0 Å². The maximum Gasteiger partial charge on any atom is 0.244 e. The first-order valence-electron chi connectivity index (χ1n) is 14.9. The highest BCUT2D eigenvalue weighted by molar-refractivity contribution is 5.76. The summed E-state index contributed by atoms with van der Waals surface area (Å²) >= 11 is 0. The van der Waals surface area contributed by atoms with Crippen LogP contribution < -0.4 is 10.1 Å². The molecule has 7 rings (SSSR count). The number of aromatic amines is 1. The van der Waals surface area contributed by atoms with Crippen LogP contribution in [0.5, 0.6) is 5.88 Å². The van der Waals surface area contributed by atoms with Crippen LogP contribution in [0.3, 0.4) is 0 Å². The number of nitrogens with zero attached hydrogens (tertiary/aromatic N) is 8. The lowest BCUT2D eigenvalue weighted by atomic mass is 10.1. The molecule has 1 fully saturated rings. The van der Waals surface area contributed by atoms with Crippen molar-refractivity contribution in [1.29, 1.82) is 0 Å². The Morgan fingerprint density at radius 3 is 2.52 bits per heavy atom. The van der Waals surface area contributed by atoms with Gasteiger partial charge in [0.2, 0.25) is 17.7 Å². The highest BCUT2D eigenvalue weighted by atomic mass is 16.5. The average Bonchev–Trinajstić information content (AvgIpc) is 3.75. The number of hydrogen-bond donors (Lipinski definition) is 2. The zero-order chi connectivity index (χ0) is 28.5. The number of benzene rings is 1. The molecule has 12 nitrogen and oxygen atoms in total. The Hall–Kier alpha value is -4.32. The molecule has 0 radical (unpaired) electrons. The first kappa shape index (κ1) is 26.6. The molecule has 3 aromatic heterocycles. The number of aromatic nitrogens is 7. The van der Waals surface area contributed by atoms with Crippen molar-refractivity contribution in [2.45, 2.75) is 64.3 Å². The Balaban J connectivity index is 1.07. The van der Waals surface area contributed by atoms with E-state index in [1.54, 1.807) is 9.58 Å². The molecule has 0 spiro atoms. The number of rotatable bonds is 8. The lowest BCUT2D eigenvalue weighted by molar-refractivity contribution is -0.133. The number of H-pyrrole nitrogens is 1. The van der Waals surface area contributed by atoms with E-state index in [2.05, 4.69) is 66.8 Å². The topological polar surface area (TPSA) is 130 Å². The summed E-state index contributed by atoms with van der Waals surface area (Å²) in [5.41, 5.74) is 6.11. The van der Waals surface area contributed by atoms with E-state index >= 15 is 0 Å². The summed E-state index contributed by atoms with van der Waals surface area (Å²) in [5.74, 6) is 1.10. The summed E-state index contributed by atoms with van der Waals surface area (Å²) in [7, 11) is 0. The van der Waals surface area contributed by atoms with Crippen molar-refractivity contribution in [3.63, 3.8) is 0 Å². The maximum absolute atomic E-state index is 13.2. The van der Waals surface area contributed by atoms with Crippen LogP contribution in [0.1, 0.15) is 42.3 Å². The average molecular weight is 569 g/mol. The molecule has 0 atom stereocenters. The molecule has 2 aliphatic heterocycles. The summed E-state index contributed by atoms with van der Waals surface area (Å²) in [6, 6.07) is 8.83. The largest absolute Gasteiger partial charge is 0.473 e. The van der Waals surface area contributed by atoms with Crippen LogP contribution in [0.25, 0.3) is 11.1 Å². The lowest BCUT2D eigenvalue weighted by Gasteiger charge is -2.30. The summed E-state index contributed by atoms with van der Waals surface area (Å²) in [4.78, 5) is 26.7. The molecule has 2 N–H and O–H groups in total. The van der Waals surface area contributed by atoms with Crippen LogP contribution in [0.4, 0.5) is 5.95 Å². The number of piperidine rings is 1. The van der Waals surface area contributed by atoms with Gasteiger partial charge in [-0.3, -0.25) is 9.48 Å². The van der Waals surface area contributed by atoms with Crippen molar-refractivity contribution in [2.24, 2.45) is 0 Å². The zero-order valence-electron chi connectivity index (χ0n) is 23.9. The molecule has 4 aromatic rings. The minimum Gasteiger partial charge on any atom is -0.473 e. The van der Waals surface area contributed by atoms with E-state index in [0.717, 1.165) is 67.8 Å². The van der Waals surface area contributed by atoms with E-state index in [1.165, 1.54) is 11.1 Å². The van der Waals surface area contributed by atoms with Gasteiger partial charge in [-0.15, -0.1) is 5.10 Å². The van der Waals surface area contributed by atoms with Crippen LogP contribution in [0.15, 0.2) is 42.9 Å². The van der Waals surface area contributed by atoms with Gasteiger partial charge in [0.25, 0.3) is 0 Å². The van der Waals surface area contributed by atoms with Crippen molar-refractivity contribution in [1.82, 2.24) is 45.0 Å². The van der Waals surface area contributed by atoms with Gasteiger partial charge in [0, 0.05) is 56.3 Å². The molecule has 0 saturated carbocycles. The molecule has 1 aromatic carbocycles. The Kier molecular flexibility index (Phi) is 7.28. The number of carbonyl (C=O) groups is 1. The van der Waals surface area contributed by atoms with E-state index in [1.807, 2.05) is 18.6 Å². The predicted molar refractivity (Wildman–Crippen MR) is 156 cm³/mol. The highest BCUT2D eigenvalue weighted by Crippen LogP contribution is 2.31. The second-order valence-corrected chi connectivity index (χ2v) is 11.4. The molecular weight excluding hydrogens is 532 g/mol. The molecule has 5 heterocycles. The third-order valence-electron chi connectivity index (χ3n) is 8.65. The number of nitrogens with one attached hydrogen (secondary N) is 2. The smallest absolute Gasteiger partial charge is 0.244 e. The number of amides is 1. The summed E-state index contributed by atoms with van der Waals surface area (Å²) < 4.78 is 8.15. The van der Waals surface area contributed by atoms with Gasteiger partial charge in [-0.05, 0) is 43.4 Å². The van der Waals surface area contributed by atoms with E-state index in [-0.39, 0.29) is 24.6 Å². The summed E-state index contributed by atoms with van der Waals surface area (Å²) in [6.07, 6.45) is 10.1. The van der Waals surface area contributed by atoms with Crippen molar-refractivity contribution in [3.8, 4) is 17.0 Å². The number of carbonyl (C=O) groups excluding carboxylic acids is 1. The molecule has 42 heavy (non-hydrogen) atoms. The number of fused-ring (bicyclic) bond motifs is 2. The third kappa shape index (κ3) is 5.58. The molecule has 1 aliphatic carbocycles. The number of hydrogen-bond acceptors (Lipinski definition) is 9. The zero-order valence-corrected chi connectivity index (χ0v) is 23.9. The van der Waals surface area contributed by atoms with Crippen LogP contribution in [0.2, 0.25) is 0 Å². The van der Waals surface area contributed by atoms with E-state index in [0.29, 0.717) is 31.3 Å². The maximum atomic E-state index is 13.2. The minimum atomic E-state index is -0.0196. The van der Waals surface area contributed by atoms with Crippen LogP contribution in [-0.2, 0) is 37.1 Å². The van der Waals surface area contributed by atoms with Gasteiger partial charge in [0.15, 0.2) is 0 Å². The van der Waals surface area contributed by atoms with Gasteiger partial charge >= 0.3 is 0 Å².